The number of likely N-dealkylation sites (N-methyl/N-ethyl adjacent to an activating group) is 1. The van der Waals surface area contributed by atoms with E-state index in [4.69, 9.17) is 5.11 Å². The number of nitrogens with zero attached hydrogens (tertiary/aromatic N) is 4. The molecule has 29 heavy (non-hydrogen) atoms. The van der Waals surface area contributed by atoms with Crippen molar-refractivity contribution in [1.29, 1.82) is 0 Å². The van der Waals surface area contributed by atoms with Crippen molar-refractivity contribution in [3.8, 4) is 0 Å². The van der Waals surface area contributed by atoms with Crippen molar-refractivity contribution in [2.45, 2.75) is 52.1 Å². The quantitative estimate of drug-likeness (QED) is 0.814. The summed E-state index contributed by atoms with van der Waals surface area (Å²) in [5, 5.41) is 13.7. The molecule has 0 radical (unpaired) electrons. The second-order valence-corrected chi connectivity index (χ2v) is 9.14. The van der Waals surface area contributed by atoms with E-state index in [1.165, 1.54) is 56.6 Å². The molecule has 1 aromatic carbocycles. The molecule has 3 heterocycles. The molecule has 0 amide bonds. The summed E-state index contributed by atoms with van der Waals surface area (Å²) in [6.07, 6.45) is 6.02. The van der Waals surface area contributed by atoms with Crippen LogP contribution in [0.25, 0.3) is 0 Å². The lowest BCUT2D eigenvalue weighted by Gasteiger charge is -2.50. The first-order valence-corrected chi connectivity index (χ1v) is 11.2. The fraction of sp³-hybridized carbons (Fsp3) is 0.625. The lowest BCUT2D eigenvalue weighted by atomic mass is 9.68. The summed E-state index contributed by atoms with van der Waals surface area (Å²) in [7, 11) is 0. The molecule has 4 rings (SSSR count). The Balaban J connectivity index is 1.40. The third-order valence-corrected chi connectivity index (χ3v) is 7.12. The Bertz CT molecular complexity index is 779. The monoisotopic (exact) mass is 396 g/mol. The molecule has 1 N–H and O–H groups in total. The Morgan fingerprint density at radius 2 is 1.90 bits per heavy atom. The van der Waals surface area contributed by atoms with Gasteiger partial charge in [-0.25, -0.2) is 0 Å². The average Bonchev–Trinajstić information content (AvgIpc) is 3.09. The summed E-state index contributed by atoms with van der Waals surface area (Å²) in [4.78, 5) is 5.28. The number of hydrogen-bond donors (Lipinski definition) is 1. The van der Waals surface area contributed by atoms with Crippen LogP contribution in [0.3, 0.4) is 0 Å². The van der Waals surface area contributed by atoms with Gasteiger partial charge < -0.3 is 10.0 Å². The molecule has 2 fully saturated rings. The molecule has 5 nitrogen and oxygen atoms in total. The average molecular weight is 397 g/mol. The van der Waals surface area contributed by atoms with Gasteiger partial charge in [-0.2, -0.15) is 5.10 Å². The Morgan fingerprint density at radius 1 is 1.14 bits per heavy atom. The van der Waals surface area contributed by atoms with Crippen molar-refractivity contribution in [3.63, 3.8) is 0 Å². The van der Waals surface area contributed by atoms with Gasteiger partial charge in [0.1, 0.15) is 0 Å². The van der Waals surface area contributed by atoms with E-state index in [0.29, 0.717) is 17.9 Å². The van der Waals surface area contributed by atoms with Gasteiger partial charge in [-0.1, -0.05) is 37.3 Å². The maximum absolute atomic E-state index is 9.15. The van der Waals surface area contributed by atoms with Gasteiger partial charge in [-0.05, 0) is 62.7 Å². The van der Waals surface area contributed by atoms with E-state index < -0.39 is 0 Å². The van der Waals surface area contributed by atoms with Gasteiger partial charge in [0.05, 0.1) is 18.8 Å². The molecule has 1 spiro atoms. The number of aromatic nitrogens is 2. The van der Waals surface area contributed by atoms with E-state index in [2.05, 4.69) is 65.3 Å². The van der Waals surface area contributed by atoms with Crippen molar-refractivity contribution in [2.24, 2.45) is 5.41 Å². The third kappa shape index (κ3) is 4.73. The van der Waals surface area contributed by atoms with Crippen molar-refractivity contribution in [1.82, 2.24) is 19.6 Å². The molecule has 158 valence electrons. The summed E-state index contributed by atoms with van der Waals surface area (Å²) in [5.41, 5.74) is 4.37. The minimum Gasteiger partial charge on any atom is -0.394 e. The molecule has 0 unspecified atom stereocenters. The van der Waals surface area contributed by atoms with Gasteiger partial charge in [0.15, 0.2) is 0 Å². The van der Waals surface area contributed by atoms with E-state index in [0.717, 1.165) is 18.8 Å². The van der Waals surface area contributed by atoms with Crippen LogP contribution in [0.4, 0.5) is 0 Å². The highest BCUT2D eigenvalue weighted by atomic mass is 16.3. The van der Waals surface area contributed by atoms with Crippen molar-refractivity contribution < 1.29 is 5.11 Å². The van der Waals surface area contributed by atoms with Crippen molar-refractivity contribution >= 4 is 0 Å². The molecule has 2 aliphatic heterocycles. The van der Waals surface area contributed by atoms with Gasteiger partial charge >= 0.3 is 0 Å². The van der Waals surface area contributed by atoms with Crippen LogP contribution in [0.15, 0.2) is 36.5 Å². The molecule has 2 saturated heterocycles. The molecule has 5 heteroatoms. The van der Waals surface area contributed by atoms with E-state index in [1.54, 1.807) is 0 Å². The number of piperidine rings is 2. The molecule has 2 aliphatic rings. The molecule has 0 bridgehead atoms. The maximum Gasteiger partial charge on any atom is 0.0641 e. The minimum atomic E-state index is 0.142. The largest absolute Gasteiger partial charge is 0.394 e. The lowest BCUT2D eigenvalue weighted by molar-refractivity contribution is 0.0137. The van der Waals surface area contributed by atoms with E-state index in [9.17, 15) is 0 Å². The highest BCUT2D eigenvalue weighted by molar-refractivity contribution is 5.22. The van der Waals surface area contributed by atoms with Crippen LogP contribution < -0.4 is 0 Å². The van der Waals surface area contributed by atoms with Crippen LogP contribution >= 0.6 is 0 Å². The summed E-state index contributed by atoms with van der Waals surface area (Å²) in [6, 6.07) is 11.1. The van der Waals surface area contributed by atoms with E-state index >= 15 is 0 Å². The predicted molar refractivity (Wildman–Crippen MR) is 117 cm³/mol. The summed E-state index contributed by atoms with van der Waals surface area (Å²) in [6.45, 7) is 12.0. The zero-order valence-corrected chi connectivity index (χ0v) is 18.1. The number of aliphatic hydroxyl groups is 1. The number of benzene rings is 1. The normalized spacial score (nSPS) is 22.9. The summed E-state index contributed by atoms with van der Waals surface area (Å²) < 4.78 is 1.88. The summed E-state index contributed by atoms with van der Waals surface area (Å²) in [5.74, 6) is 0.662. The van der Waals surface area contributed by atoms with Crippen LogP contribution in [0.1, 0.15) is 48.9 Å². The molecular weight excluding hydrogens is 360 g/mol. The summed E-state index contributed by atoms with van der Waals surface area (Å²) >= 11 is 0. The topological polar surface area (TPSA) is 44.5 Å². The highest BCUT2D eigenvalue weighted by Crippen LogP contribution is 2.45. The minimum absolute atomic E-state index is 0.142. The SMILES string of the molecule is CCN1C[C@H](c2ccccc2)CC2(CCN(Cc3cn(CCO)nc3C)CC2)C1. The maximum atomic E-state index is 9.15. The Hall–Kier alpha value is -1.69. The fourth-order valence-corrected chi connectivity index (χ4v) is 5.41. The van der Waals surface area contributed by atoms with Gasteiger partial charge in [0, 0.05) is 31.4 Å². The Morgan fingerprint density at radius 3 is 2.59 bits per heavy atom. The molecule has 1 aromatic heterocycles. The zero-order chi connectivity index (χ0) is 20.3. The molecule has 1 atom stereocenters. The van der Waals surface area contributed by atoms with Crippen LogP contribution in [0, 0.1) is 12.3 Å². The second kappa shape index (κ2) is 8.99. The number of likely N-dealkylation sites (tertiary alicyclic amines) is 2. The zero-order valence-electron chi connectivity index (χ0n) is 18.1. The Kier molecular flexibility index (Phi) is 6.38. The van der Waals surface area contributed by atoms with Crippen LogP contribution in [0.2, 0.25) is 0 Å². The number of aryl methyl sites for hydroxylation is 1. The molecule has 0 aliphatic carbocycles. The van der Waals surface area contributed by atoms with E-state index in [1.807, 2.05) is 4.68 Å². The van der Waals surface area contributed by atoms with E-state index in [-0.39, 0.29) is 6.61 Å². The first-order valence-electron chi connectivity index (χ1n) is 11.2. The van der Waals surface area contributed by atoms with Gasteiger partial charge in [0.25, 0.3) is 0 Å². The second-order valence-electron chi connectivity index (χ2n) is 9.14. The molecule has 0 saturated carbocycles. The number of rotatable bonds is 6. The first-order chi connectivity index (χ1) is 14.1. The first kappa shape index (κ1) is 20.6. The van der Waals surface area contributed by atoms with Crippen LogP contribution in [-0.2, 0) is 13.1 Å². The highest BCUT2D eigenvalue weighted by Gasteiger charge is 2.41. The standard InChI is InChI=1S/C24H36N4O/c1-3-26-16-22(21-7-5-4-6-8-21)15-24(19-26)9-11-27(12-10-24)17-23-18-28(13-14-29)25-20(23)2/h4-8,18,22,29H,3,9-17,19H2,1-2H3/t22-/m1/s1. The van der Waals surface area contributed by atoms with Crippen LogP contribution in [0.5, 0.6) is 0 Å². The molecular formula is C24H36N4O. The van der Waals surface area contributed by atoms with Gasteiger partial charge in [-0.3, -0.25) is 9.58 Å². The van der Waals surface area contributed by atoms with Gasteiger partial charge in [-0.15, -0.1) is 0 Å². The fourth-order valence-electron chi connectivity index (χ4n) is 5.41. The third-order valence-electron chi connectivity index (χ3n) is 7.12. The van der Waals surface area contributed by atoms with Crippen molar-refractivity contribution in [3.05, 3.63) is 53.3 Å². The Labute approximate surface area is 175 Å². The van der Waals surface area contributed by atoms with Crippen molar-refractivity contribution in [2.75, 3.05) is 39.3 Å². The smallest absolute Gasteiger partial charge is 0.0641 e. The van der Waals surface area contributed by atoms with Gasteiger partial charge in [0.2, 0.25) is 0 Å². The number of hydrogen-bond acceptors (Lipinski definition) is 4. The number of aliphatic hydroxyl groups excluding tert-OH is 1. The predicted octanol–water partition coefficient (Wildman–Crippen LogP) is 3.28. The van der Waals surface area contributed by atoms with Crippen LogP contribution in [-0.4, -0.2) is 64.0 Å². The lowest BCUT2D eigenvalue weighted by Crippen LogP contribution is -2.51. The molecule has 2 aromatic rings.